The second-order valence-electron chi connectivity index (χ2n) is 9.82. The first-order valence-electron chi connectivity index (χ1n) is 12.5. The van der Waals surface area contributed by atoms with E-state index in [1.807, 2.05) is 0 Å². The van der Waals surface area contributed by atoms with Crippen LogP contribution in [0.3, 0.4) is 0 Å². The molecule has 5 rings (SSSR count). The van der Waals surface area contributed by atoms with E-state index in [4.69, 9.17) is 0 Å². The number of anilines is 1. The predicted octanol–water partition coefficient (Wildman–Crippen LogP) is 5.39. The van der Waals surface area contributed by atoms with Crippen LogP contribution in [0.5, 0.6) is 0 Å². The Morgan fingerprint density at radius 3 is 2.56 bits per heavy atom. The van der Waals surface area contributed by atoms with E-state index < -0.39 is 58.1 Å². The van der Waals surface area contributed by atoms with E-state index in [0.717, 1.165) is 18.5 Å². The van der Waals surface area contributed by atoms with Gasteiger partial charge >= 0.3 is 12.4 Å². The molecule has 216 valence electrons. The van der Waals surface area contributed by atoms with Crippen molar-refractivity contribution in [2.45, 2.75) is 50.6 Å². The lowest BCUT2D eigenvalue weighted by Gasteiger charge is -2.31. The smallest absolute Gasteiger partial charge is 0.380 e. The number of fused-ring (bicyclic) bond motifs is 1. The minimum atomic E-state index is -4.88. The molecule has 2 N–H and O–H groups in total. The topological polar surface area (TPSA) is 106 Å². The molecule has 0 amide bonds. The first-order chi connectivity index (χ1) is 19.3. The fraction of sp³-hybridized carbons (Fsp3) is 0.346. The summed E-state index contributed by atoms with van der Waals surface area (Å²) in [4.78, 5) is 32.1. The zero-order chi connectivity index (χ0) is 29.5. The summed E-state index contributed by atoms with van der Waals surface area (Å²) in [6.45, 7) is 0.201. The van der Waals surface area contributed by atoms with E-state index in [2.05, 4.69) is 20.4 Å². The van der Waals surface area contributed by atoms with Crippen LogP contribution in [-0.4, -0.2) is 30.8 Å². The second kappa shape index (κ2) is 10.6. The third-order valence-corrected chi connectivity index (χ3v) is 6.99. The van der Waals surface area contributed by atoms with Crippen LogP contribution in [0.2, 0.25) is 0 Å². The highest BCUT2D eigenvalue weighted by atomic mass is 19.4. The molecule has 1 saturated carbocycles. The molecular formula is C26H21F7N6O2. The predicted molar refractivity (Wildman–Crippen MR) is 133 cm³/mol. The van der Waals surface area contributed by atoms with Crippen LogP contribution < -0.4 is 16.4 Å². The van der Waals surface area contributed by atoms with Gasteiger partial charge in [0, 0.05) is 25.0 Å². The Balaban J connectivity index is 1.37. The standard InChI is InChI=1S/C26H21F7N6O2/c27-18-10-16-14(9-17(18)22-34-6-4-20(37-22)25(28,29)30)5-7-39(24(16)41)12-13-2-1-3-15(8-13)36-19-11-35-38-23(40)21(19)26(31,32)33/h4-7,9-11,13,15H,1-3,8,12H2,(H2,36,38,40)/t13-,15+/m1/s1. The molecule has 8 nitrogen and oxygen atoms in total. The average Bonchev–Trinajstić information content (AvgIpc) is 2.89. The molecule has 1 aliphatic carbocycles. The van der Waals surface area contributed by atoms with Gasteiger partial charge in [-0.05, 0) is 54.8 Å². The second-order valence-corrected chi connectivity index (χ2v) is 9.82. The summed E-state index contributed by atoms with van der Waals surface area (Å²) in [5.74, 6) is -1.57. The fourth-order valence-corrected chi connectivity index (χ4v) is 5.14. The number of hydrogen-bond donors (Lipinski definition) is 2. The van der Waals surface area contributed by atoms with Crippen molar-refractivity contribution < 1.29 is 30.7 Å². The van der Waals surface area contributed by atoms with E-state index in [9.17, 15) is 40.3 Å². The van der Waals surface area contributed by atoms with E-state index in [0.29, 0.717) is 31.7 Å². The molecule has 2 atom stereocenters. The number of aromatic amines is 1. The van der Waals surface area contributed by atoms with Gasteiger partial charge in [0.05, 0.1) is 22.8 Å². The average molecular weight is 582 g/mol. The number of hydrogen-bond acceptors (Lipinski definition) is 6. The lowest BCUT2D eigenvalue weighted by atomic mass is 9.85. The van der Waals surface area contributed by atoms with E-state index in [-0.39, 0.29) is 28.8 Å². The minimum absolute atomic E-state index is 0.00406. The maximum atomic E-state index is 15.0. The van der Waals surface area contributed by atoms with Gasteiger partial charge in [-0.15, -0.1) is 0 Å². The van der Waals surface area contributed by atoms with Crippen molar-refractivity contribution in [3.63, 3.8) is 0 Å². The van der Waals surface area contributed by atoms with Crippen molar-refractivity contribution in [2.24, 2.45) is 5.92 Å². The third kappa shape index (κ3) is 5.93. The quantitative estimate of drug-likeness (QED) is 0.306. The van der Waals surface area contributed by atoms with Crippen LogP contribution in [0.4, 0.5) is 36.4 Å². The number of nitrogens with one attached hydrogen (secondary N) is 2. The Morgan fingerprint density at radius 1 is 1.05 bits per heavy atom. The number of halogens is 7. The number of pyridine rings is 1. The molecule has 0 unspecified atom stereocenters. The van der Waals surface area contributed by atoms with Crippen LogP contribution in [0.25, 0.3) is 22.2 Å². The molecule has 41 heavy (non-hydrogen) atoms. The molecule has 0 radical (unpaired) electrons. The van der Waals surface area contributed by atoms with Crippen LogP contribution in [0, 0.1) is 11.7 Å². The van der Waals surface area contributed by atoms with Crippen LogP contribution in [-0.2, 0) is 18.9 Å². The van der Waals surface area contributed by atoms with Gasteiger partial charge in [0.15, 0.2) is 5.82 Å². The van der Waals surface area contributed by atoms with Crippen molar-refractivity contribution in [1.82, 2.24) is 24.7 Å². The van der Waals surface area contributed by atoms with Gasteiger partial charge in [0.25, 0.3) is 11.1 Å². The Labute approximate surface area is 226 Å². The highest BCUT2D eigenvalue weighted by Gasteiger charge is 2.38. The molecule has 3 aromatic heterocycles. The van der Waals surface area contributed by atoms with Gasteiger partial charge in [-0.2, -0.15) is 31.4 Å². The van der Waals surface area contributed by atoms with Crippen molar-refractivity contribution in [1.29, 1.82) is 0 Å². The fourth-order valence-electron chi connectivity index (χ4n) is 5.14. The molecule has 0 aliphatic heterocycles. The number of benzene rings is 1. The molecule has 0 saturated heterocycles. The van der Waals surface area contributed by atoms with E-state index in [1.165, 1.54) is 22.9 Å². The number of H-pyrrole nitrogens is 1. The van der Waals surface area contributed by atoms with E-state index >= 15 is 0 Å². The number of nitrogens with zero attached hydrogens (tertiary/aromatic N) is 4. The maximum absolute atomic E-state index is 15.0. The zero-order valence-corrected chi connectivity index (χ0v) is 21.0. The zero-order valence-electron chi connectivity index (χ0n) is 21.0. The molecule has 15 heteroatoms. The summed E-state index contributed by atoms with van der Waals surface area (Å²) in [5.41, 5.74) is -5.21. The maximum Gasteiger partial charge on any atom is 0.433 e. The van der Waals surface area contributed by atoms with Gasteiger partial charge < -0.3 is 9.88 Å². The summed E-state index contributed by atoms with van der Waals surface area (Å²) >= 11 is 0. The summed E-state index contributed by atoms with van der Waals surface area (Å²) in [7, 11) is 0. The Morgan fingerprint density at radius 2 is 1.83 bits per heavy atom. The lowest BCUT2D eigenvalue weighted by molar-refractivity contribution is -0.141. The van der Waals surface area contributed by atoms with E-state index in [1.54, 1.807) is 5.10 Å². The van der Waals surface area contributed by atoms with Gasteiger partial charge in [0.1, 0.15) is 17.1 Å². The van der Waals surface area contributed by atoms with Crippen molar-refractivity contribution in [3.8, 4) is 11.4 Å². The molecule has 1 aromatic carbocycles. The van der Waals surface area contributed by atoms with Crippen LogP contribution in [0.15, 0.2) is 52.4 Å². The Hall–Kier alpha value is -4.30. The normalized spacial score (nSPS) is 18.0. The Bertz CT molecular complexity index is 1710. The number of alkyl halides is 6. The summed E-state index contributed by atoms with van der Waals surface area (Å²) in [6.07, 6.45) is -4.10. The molecule has 3 heterocycles. The third-order valence-electron chi connectivity index (χ3n) is 6.99. The summed E-state index contributed by atoms with van der Waals surface area (Å²) < 4.78 is 95.7. The molecule has 0 spiro atoms. The number of rotatable bonds is 5. The highest BCUT2D eigenvalue weighted by molar-refractivity contribution is 5.86. The van der Waals surface area contributed by atoms with Crippen LogP contribution in [0.1, 0.15) is 36.9 Å². The molecular weight excluding hydrogens is 561 g/mol. The first-order valence-corrected chi connectivity index (χ1v) is 12.5. The van der Waals surface area contributed by atoms with Crippen molar-refractivity contribution in [3.05, 3.63) is 80.6 Å². The highest BCUT2D eigenvalue weighted by Crippen LogP contribution is 2.34. The Kier molecular flexibility index (Phi) is 7.30. The van der Waals surface area contributed by atoms with Gasteiger partial charge in [0.2, 0.25) is 0 Å². The summed E-state index contributed by atoms with van der Waals surface area (Å²) in [6, 6.07) is 3.90. The van der Waals surface area contributed by atoms with Crippen molar-refractivity contribution >= 4 is 16.5 Å². The van der Waals surface area contributed by atoms with Gasteiger partial charge in [-0.25, -0.2) is 19.5 Å². The first kappa shape index (κ1) is 28.2. The summed E-state index contributed by atoms with van der Waals surface area (Å²) in [5, 5.41) is 8.30. The minimum Gasteiger partial charge on any atom is -0.380 e. The molecule has 1 aliphatic rings. The van der Waals surface area contributed by atoms with Crippen molar-refractivity contribution in [2.75, 3.05) is 5.32 Å². The molecule has 0 bridgehead atoms. The van der Waals surface area contributed by atoms with Gasteiger partial charge in [-0.1, -0.05) is 6.42 Å². The number of aromatic nitrogens is 5. The lowest BCUT2D eigenvalue weighted by Crippen LogP contribution is -2.33. The van der Waals surface area contributed by atoms with Crippen LogP contribution >= 0.6 is 0 Å². The molecule has 1 fully saturated rings. The largest absolute Gasteiger partial charge is 0.433 e. The monoisotopic (exact) mass is 582 g/mol. The molecule has 4 aromatic rings. The SMILES string of the molecule is O=c1[nH]ncc(N[C@H]2CCC[C@@H](Cn3ccc4cc(-c5nccc(C(F)(F)F)n5)c(F)cc4c3=O)C2)c1C(F)(F)F. The van der Waals surface area contributed by atoms with Gasteiger partial charge in [-0.3, -0.25) is 9.59 Å².